The molecule has 0 spiro atoms. The molecule has 19 rings (SSSR count). The van der Waals surface area contributed by atoms with Crippen molar-refractivity contribution in [1.29, 1.82) is 0 Å². The highest BCUT2D eigenvalue weighted by atomic mass is 32.1. The average molecular weight is 939 g/mol. The zero-order chi connectivity index (χ0) is 46.9. The molecule has 0 unspecified atom stereocenters. The van der Waals surface area contributed by atoms with Crippen LogP contribution in [-0.2, 0) is 16.2 Å². The Kier molecular flexibility index (Phi) is 8.03. The summed E-state index contributed by atoms with van der Waals surface area (Å²) in [6.07, 6.45) is 17.2. The smallest absolute Gasteiger partial charge is 0.333 e. The summed E-state index contributed by atoms with van der Waals surface area (Å²) in [5.41, 5.74) is 21.8. The first-order valence-electron chi connectivity index (χ1n) is 27.8. The third-order valence-electron chi connectivity index (χ3n) is 20.8. The van der Waals surface area contributed by atoms with Crippen molar-refractivity contribution < 1.29 is 0 Å². The molecular weight excluding hydrogens is 876 g/mol. The van der Waals surface area contributed by atoms with E-state index in [1.165, 1.54) is 180 Å². The molecule has 0 N–H and O–H groups in total. The van der Waals surface area contributed by atoms with E-state index in [1.54, 1.807) is 11.1 Å². The van der Waals surface area contributed by atoms with Gasteiger partial charge in [0.15, 0.2) is 0 Å². The van der Waals surface area contributed by atoms with Crippen molar-refractivity contribution in [2.24, 2.45) is 35.5 Å². The Balaban J connectivity index is 0.983. The van der Waals surface area contributed by atoms with Gasteiger partial charge in [0.05, 0.1) is 5.69 Å². The van der Waals surface area contributed by atoms with Crippen LogP contribution < -0.4 is 15.8 Å². The number of anilines is 3. The normalized spacial score (nSPS) is 28.5. The van der Waals surface area contributed by atoms with Crippen LogP contribution >= 0.6 is 11.3 Å². The quantitative estimate of drug-likeness (QED) is 0.160. The number of hydrogen-bond acceptors (Lipinski definition) is 2. The molecular formula is C67H63BN2S. The predicted octanol–water partition coefficient (Wildman–Crippen LogP) is 16.8. The number of hydrogen-bond donors (Lipinski definition) is 0. The molecule has 4 heterocycles. The Bertz CT molecular complexity index is 3730. The van der Waals surface area contributed by atoms with Gasteiger partial charge in [0.25, 0.3) is 0 Å². The van der Waals surface area contributed by atoms with Gasteiger partial charge in [-0.2, -0.15) is 0 Å². The highest BCUT2D eigenvalue weighted by molar-refractivity contribution is 7.26. The summed E-state index contributed by atoms with van der Waals surface area (Å²) in [4.78, 5) is 2.72. The van der Waals surface area contributed by atoms with E-state index in [0.29, 0.717) is 5.41 Å². The van der Waals surface area contributed by atoms with Gasteiger partial charge >= 0.3 is 6.85 Å². The van der Waals surface area contributed by atoms with Gasteiger partial charge in [-0.15, -0.1) is 11.3 Å². The van der Waals surface area contributed by atoms with Crippen LogP contribution in [0.5, 0.6) is 0 Å². The zero-order valence-electron chi connectivity index (χ0n) is 42.0. The zero-order valence-corrected chi connectivity index (χ0v) is 42.8. The molecule has 71 heavy (non-hydrogen) atoms. The van der Waals surface area contributed by atoms with Gasteiger partial charge in [0.2, 0.25) is 0 Å². The van der Waals surface area contributed by atoms with Crippen LogP contribution in [0.2, 0.25) is 0 Å². The standard InChI is InChI=1S/C67H63BN2S/c1-38-18-53-55-29-48(67-35-42-23-43(36-67)25-44(24-42)37-67)28-54-51-27-47(66-32-39-20-40(33-66)22-41(21-39)34-66)15-17-58(51)70(64(54)55)68-56-31-62-52(49-12-8-9-13-61(49)71-62)30-59(56)69(60(19-38)63(53)68)57-16-14-46(65(2,3)4)26-50(57)45-10-6-5-7-11-45/h5-19,26-31,39-44H,20-25,32-37H2,1-4H3. The van der Waals surface area contributed by atoms with Crippen LogP contribution in [0.25, 0.3) is 64.2 Å². The molecule has 2 aromatic heterocycles. The third-order valence-corrected chi connectivity index (χ3v) is 21.9. The van der Waals surface area contributed by atoms with Crippen molar-refractivity contribution in [3.8, 4) is 22.3 Å². The van der Waals surface area contributed by atoms with Crippen LogP contribution in [0, 0.1) is 42.4 Å². The Labute approximate surface area is 423 Å². The SMILES string of the molecule is Cc1cc2c3c(c1)N(c1ccc(C(C)(C)C)cc1-c1ccccc1)c1cc4c(cc1B3n1c3ccc(C56CC7CC(CC(C7)C5)C6)cc3c3cc(C56CC7CC(CC(C7)C5)C6)cc-2c31)sc1ccccc14. The van der Waals surface area contributed by atoms with E-state index in [-0.39, 0.29) is 17.7 Å². The van der Waals surface area contributed by atoms with E-state index >= 15 is 0 Å². The van der Waals surface area contributed by atoms with E-state index in [9.17, 15) is 0 Å². The molecule has 0 radical (unpaired) electrons. The van der Waals surface area contributed by atoms with Gasteiger partial charge in [-0.1, -0.05) is 87.5 Å². The maximum Gasteiger partial charge on any atom is 0.333 e. The van der Waals surface area contributed by atoms with Gasteiger partial charge in [-0.05, 0) is 241 Å². The first-order chi connectivity index (χ1) is 34.5. The van der Waals surface area contributed by atoms with Crippen molar-refractivity contribution in [3.63, 3.8) is 0 Å². The minimum atomic E-state index is 0.00569. The number of fused-ring (bicyclic) bond motifs is 10. The second-order valence-electron chi connectivity index (χ2n) is 26.3. The number of thiophene rings is 1. The van der Waals surface area contributed by atoms with Crippen molar-refractivity contribution in [2.45, 2.75) is 121 Å². The van der Waals surface area contributed by atoms with Crippen LogP contribution in [-0.4, -0.2) is 11.3 Å². The molecule has 8 bridgehead atoms. The lowest BCUT2D eigenvalue weighted by Crippen LogP contribution is -2.56. The molecule has 2 nitrogen and oxygen atoms in total. The number of aryl methyl sites for hydroxylation is 1. The molecule has 350 valence electrons. The first-order valence-corrected chi connectivity index (χ1v) is 28.6. The highest BCUT2D eigenvalue weighted by Gasteiger charge is 2.54. The summed E-state index contributed by atoms with van der Waals surface area (Å²) in [5, 5.41) is 5.76. The second kappa shape index (κ2) is 13.9. The summed E-state index contributed by atoms with van der Waals surface area (Å²) in [5.74, 6) is 5.45. The highest BCUT2D eigenvalue weighted by Crippen LogP contribution is 2.63. The maximum atomic E-state index is 2.89. The summed E-state index contributed by atoms with van der Waals surface area (Å²) in [6.45, 7) is 9.47. The predicted molar refractivity (Wildman–Crippen MR) is 301 cm³/mol. The Morgan fingerprint density at radius 1 is 0.507 bits per heavy atom. The summed E-state index contributed by atoms with van der Waals surface area (Å²) >= 11 is 1.97. The topological polar surface area (TPSA) is 8.17 Å². The number of rotatable bonds is 4. The van der Waals surface area contributed by atoms with E-state index in [2.05, 4.69) is 164 Å². The van der Waals surface area contributed by atoms with Crippen molar-refractivity contribution >= 4 is 88.2 Å². The summed E-state index contributed by atoms with van der Waals surface area (Å²) in [6, 6.07) is 51.8. The molecule has 7 aromatic carbocycles. The molecule has 0 amide bonds. The molecule has 8 aliphatic carbocycles. The Morgan fingerprint density at radius 3 is 1.85 bits per heavy atom. The molecule has 2 aliphatic heterocycles. The third kappa shape index (κ3) is 5.62. The largest absolute Gasteiger partial charge is 0.375 e. The van der Waals surface area contributed by atoms with Gasteiger partial charge in [0.1, 0.15) is 0 Å². The number of aromatic nitrogens is 1. The average Bonchev–Trinajstić information content (AvgIpc) is 3.89. The molecule has 4 heteroatoms. The fourth-order valence-electron chi connectivity index (χ4n) is 18.7. The monoisotopic (exact) mass is 938 g/mol. The lowest BCUT2D eigenvalue weighted by atomic mass is 9.44. The maximum absolute atomic E-state index is 2.89. The molecule has 9 aromatic rings. The lowest BCUT2D eigenvalue weighted by Gasteiger charge is -2.57. The van der Waals surface area contributed by atoms with E-state index in [4.69, 9.17) is 0 Å². The van der Waals surface area contributed by atoms with Crippen molar-refractivity contribution in [1.82, 2.24) is 4.48 Å². The fourth-order valence-corrected chi connectivity index (χ4v) is 19.9. The van der Waals surface area contributed by atoms with Gasteiger partial charge in [0, 0.05) is 64.5 Å². The van der Waals surface area contributed by atoms with Crippen LogP contribution in [0.3, 0.4) is 0 Å². The van der Waals surface area contributed by atoms with Crippen LogP contribution in [0.4, 0.5) is 17.1 Å². The number of nitrogens with zero attached hydrogens (tertiary/aromatic N) is 2. The molecule has 0 saturated heterocycles. The molecule has 10 aliphatic rings. The first kappa shape index (κ1) is 41.0. The van der Waals surface area contributed by atoms with Crippen LogP contribution in [0.15, 0.2) is 127 Å². The lowest BCUT2D eigenvalue weighted by molar-refractivity contribution is -0.00527. The number of benzene rings is 7. The van der Waals surface area contributed by atoms with E-state index in [0.717, 1.165) is 35.5 Å². The van der Waals surface area contributed by atoms with Gasteiger partial charge < -0.3 is 9.38 Å². The Hall–Kier alpha value is -5.58. The molecule has 0 atom stereocenters. The van der Waals surface area contributed by atoms with Crippen molar-refractivity contribution in [2.75, 3.05) is 4.90 Å². The van der Waals surface area contributed by atoms with E-state index < -0.39 is 0 Å². The van der Waals surface area contributed by atoms with Crippen LogP contribution in [0.1, 0.15) is 120 Å². The Morgan fingerprint density at radius 2 is 1.15 bits per heavy atom. The van der Waals surface area contributed by atoms with E-state index in [1.807, 2.05) is 11.3 Å². The molecule has 8 fully saturated rings. The summed E-state index contributed by atoms with van der Waals surface area (Å²) < 4.78 is 5.64. The molecule has 8 saturated carbocycles. The minimum absolute atomic E-state index is 0.00569. The summed E-state index contributed by atoms with van der Waals surface area (Å²) in [7, 11) is 0. The fraction of sp³-hybridized carbons (Fsp3) is 0.373. The minimum Gasteiger partial charge on any atom is -0.375 e. The van der Waals surface area contributed by atoms with Gasteiger partial charge in [-0.3, -0.25) is 0 Å². The van der Waals surface area contributed by atoms with Gasteiger partial charge in [-0.25, -0.2) is 0 Å². The second-order valence-corrected chi connectivity index (χ2v) is 27.3. The van der Waals surface area contributed by atoms with Crippen molar-refractivity contribution in [3.05, 3.63) is 150 Å².